The molecule has 0 radical (unpaired) electrons. The fraction of sp³-hybridized carbons (Fsp3) is 0.538. The third-order valence-corrected chi connectivity index (χ3v) is 4.79. The van der Waals surface area contributed by atoms with Gasteiger partial charge in [-0.05, 0) is 46.8 Å². The molecule has 1 aromatic heterocycles. The van der Waals surface area contributed by atoms with Crippen molar-refractivity contribution in [2.75, 3.05) is 13.1 Å². The minimum absolute atomic E-state index is 0.0763. The molecule has 0 spiro atoms. The predicted molar refractivity (Wildman–Crippen MR) is 69.7 cm³/mol. The Labute approximate surface area is 118 Å². The molecule has 0 aromatic carbocycles. The second kappa shape index (κ2) is 4.37. The highest BCUT2D eigenvalue weighted by Gasteiger charge is 2.56. The Morgan fingerprint density at radius 1 is 1.47 bits per heavy atom. The van der Waals surface area contributed by atoms with Crippen molar-refractivity contribution in [3.63, 3.8) is 0 Å². The minimum atomic E-state index is -0.772. The summed E-state index contributed by atoms with van der Waals surface area (Å²) in [6.07, 6.45) is 2.49. The van der Waals surface area contributed by atoms with Crippen molar-refractivity contribution < 1.29 is 19.1 Å². The van der Waals surface area contributed by atoms with E-state index >= 15 is 0 Å². The number of rotatable bonds is 2. The molecule has 2 heterocycles. The van der Waals surface area contributed by atoms with Crippen LogP contribution in [0.5, 0.6) is 0 Å². The fourth-order valence-electron chi connectivity index (χ4n) is 3.38. The van der Waals surface area contributed by atoms with Gasteiger partial charge in [0.05, 0.1) is 5.41 Å². The van der Waals surface area contributed by atoms with Gasteiger partial charge in [0.15, 0.2) is 10.4 Å². The predicted octanol–water partition coefficient (Wildman–Crippen LogP) is 2.37. The van der Waals surface area contributed by atoms with Crippen molar-refractivity contribution in [1.29, 1.82) is 0 Å². The number of furan rings is 1. The number of halogens is 1. The van der Waals surface area contributed by atoms with E-state index in [1.165, 1.54) is 0 Å². The van der Waals surface area contributed by atoms with E-state index in [2.05, 4.69) is 15.9 Å². The second-order valence-corrected chi connectivity index (χ2v) is 6.12. The summed E-state index contributed by atoms with van der Waals surface area (Å²) in [6, 6.07) is 3.27. The van der Waals surface area contributed by atoms with Gasteiger partial charge in [-0.2, -0.15) is 0 Å². The van der Waals surface area contributed by atoms with Gasteiger partial charge < -0.3 is 14.4 Å². The molecule has 2 aliphatic rings. The third-order valence-electron chi connectivity index (χ3n) is 4.37. The number of fused-ring (bicyclic) bond motifs is 1. The van der Waals surface area contributed by atoms with E-state index in [1.807, 2.05) is 0 Å². The lowest BCUT2D eigenvalue weighted by Gasteiger charge is -2.22. The molecule has 1 amide bonds. The van der Waals surface area contributed by atoms with E-state index < -0.39 is 11.4 Å². The summed E-state index contributed by atoms with van der Waals surface area (Å²) in [7, 11) is 0. The summed E-state index contributed by atoms with van der Waals surface area (Å²) in [5, 5.41) is 9.48. The van der Waals surface area contributed by atoms with Gasteiger partial charge in [-0.25, -0.2) is 0 Å². The van der Waals surface area contributed by atoms with Crippen LogP contribution in [-0.4, -0.2) is 35.0 Å². The maximum absolute atomic E-state index is 12.3. The zero-order valence-electron chi connectivity index (χ0n) is 10.3. The molecule has 1 aromatic rings. The first kappa shape index (κ1) is 12.7. The molecule has 0 unspecified atom stereocenters. The highest BCUT2D eigenvalue weighted by atomic mass is 79.9. The van der Waals surface area contributed by atoms with Crippen molar-refractivity contribution in [3.8, 4) is 0 Å². The molecule has 0 bridgehead atoms. The normalized spacial score (nSPS) is 29.5. The molecule has 102 valence electrons. The number of nitrogens with zero attached hydrogens (tertiary/aromatic N) is 1. The standard InChI is InChI=1S/C13H14BrNO4/c14-10-4-3-9(19-10)11(16)15-6-8-2-1-5-13(8,7-15)12(17)18/h3-4,8H,1-2,5-7H2,(H,17,18)/t8-,13+/m0/s1. The van der Waals surface area contributed by atoms with Crippen LogP contribution in [0.3, 0.4) is 0 Å². The molecule has 1 N–H and O–H groups in total. The zero-order valence-corrected chi connectivity index (χ0v) is 11.9. The van der Waals surface area contributed by atoms with Gasteiger partial charge in [-0.3, -0.25) is 9.59 Å². The van der Waals surface area contributed by atoms with E-state index in [4.69, 9.17) is 4.42 Å². The van der Waals surface area contributed by atoms with Crippen LogP contribution in [0.15, 0.2) is 21.2 Å². The van der Waals surface area contributed by atoms with Crippen molar-refractivity contribution in [1.82, 2.24) is 4.90 Å². The number of carbonyl (C=O) groups is 2. The molecule has 19 heavy (non-hydrogen) atoms. The largest absolute Gasteiger partial charge is 0.481 e. The van der Waals surface area contributed by atoms with Crippen molar-refractivity contribution in [2.24, 2.45) is 11.3 Å². The van der Waals surface area contributed by atoms with Crippen LogP contribution in [0.2, 0.25) is 0 Å². The van der Waals surface area contributed by atoms with Gasteiger partial charge in [0.2, 0.25) is 0 Å². The topological polar surface area (TPSA) is 70.8 Å². The number of aliphatic carboxylic acids is 1. The molecular formula is C13H14BrNO4. The summed E-state index contributed by atoms with van der Waals surface area (Å²) >= 11 is 3.16. The van der Waals surface area contributed by atoms with Crippen molar-refractivity contribution >= 4 is 27.8 Å². The first-order valence-electron chi connectivity index (χ1n) is 6.31. The Balaban J connectivity index is 1.82. The number of carbonyl (C=O) groups excluding carboxylic acids is 1. The highest BCUT2D eigenvalue weighted by Crippen LogP contribution is 2.49. The minimum Gasteiger partial charge on any atom is -0.481 e. The van der Waals surface area contributed by atoms with E-state index in [0.29, 0.717) is 24.2 Å². The molecule has 1 saturated carbocycles. The number of carboxylic acids is 1. The Hall–Kier alpha value is -1.30. The van der Waals surface area contributed by atoms with E-state index in [0.717, 1.165) is 12.8 Å². The summed E-state index contributed by atoms with van der Waals surface area (Å²) in [6.45, 7) is 0.813. The van der Waals surface area contributed by atoms with Gasteiger partial charge in [0.25, 0.3) is 5.91 Å². The van der Waals surface area contributed by atoms with Crippen LogP contribution in [0.1, 0.15) is 29.8 Å². The fourth-order valence-corrected chi connectivity index (χ4v) is 3.69. The van der Waals surface area contributed by atoms with Crippen LogP contribution in [-0.2, 0) is 4.79 Å². The highest BCUT2D eigenvalue weighted by molar-refractivity contribution is 9.10. The van der Waals surface area contributed by atoms with Gasteiger partial charge >= 0.3 is 5.97 Å². The van der Waals surface area contributed by atoms with E-state index in [9.17, 15) is 14.7 Å². The Bertz CT molecular complexity index is 541. The SMILES string of the molecule is O=C(c1ccc(Br)o1)N1C[C@@H]2CCC[C@@]2(C(=O)O)C1. The number of carboxylic acid groups (broad SMARTS) is 1. The molecule has 1 saturated heterocycles. The van der Waals surface area contributed by atoms with E-state index in [1.54, 1.807) is 17.0 Å². The molecule has 5 nitrogen and oxygen atoms in total. The summed E-state index contributed by atoms with van der Waals surface area (Å²) in [4.78, 5) is 25.4. The lowest BCUT2D eigenvalue weighted by atomic mass is 9.81. The molecule has 1 aliphatic heterocycles. The maximum Gasteiger partial charge on any atom is 0.311 e. The Morgan fingerprint density at radius 3 is 2.84 bits per heavy atom. The smallest absolute Gasteiger partial charge is 0.311 e. The first-order chi connectivity index (χ1) is 9.03. The van der Waals surface area contributed by atoms with Gasteiger partial charge in [-0.1, -0.05) is 6.42 Å². The molecule has 1 aliphatic carbocycles. The van der Waals surface area contributed by atoms with Crippen LogP contribution in [0.25, 0.3) is 0 Å². The van der Waals surface area contributed by atoms with E-state index in [-0.39, 0.29) is 17.6 Å². The summed E-state index contributed by atoms with van der Waals surface area (Å²) < 4.78 is 5.75. The molecule has 2 atom stereocenters. The van der Waals surface area contributed by atoms with Gasteiger partial charge in [0, 0.05) is 13.1 Å². The van der Waals surface area contributed by atoms with Crippen LogP contribution >= 0.6 is 15.9 Å². The molecule has 2 fully saturated rings. The van der Waals surface area contributed by atoms with Gasteiger partial charge in [0.1, 0.15) is 0 Å². The Kier molecular flexibility index (Phi) is 2.92. The molecular weight excluding hydrogens is 314 g/mol. The van der Waals surface area contributed by atoms with Gasteiger partial charge in [-0.15, -0.1) is 0 Å². The average molecular weight is 328 g/mol. The maximum atomic E-state index is 12.3. The van der Waals surface area contributed by atoms with Crippen molar-refractivity contribution in [2.45, 2.75) is 19.3 Å². The van der Waals surface area contributed by atoms with Crippen molar-refractivity contribution in [3.05, 3.63) is 22.6 Å². The average Bonchev–Trinajstić information content (AvgIpc) is 3.00. The second-order valence-electron chi connectivity index (χ2n) is 5.34. The van der Waals surface area contributed by atoms with Crippen LogP contribution < -0.4 is 0 Å². The first-order valence-corrected chi connectivity index (χ1v) is 7.10. The monoisotopic (exact) mass is 327 g/mol. The molecule has 3 rings (SSSR count). The summed E-state index contributed by atoms with van der Waals surface area (Å²) in [5.41, 5.74) is -0.737. The van der Waals surface area contributed by atoms with Crippen LogP contribution in [0.4, 0.5) is 0 Å². The lowest BCUT2D eigenvalue weighted by Crippen LogP contribution is -2.37. The number of hydrogen-bond acceptors (Lipinski definition) is 3. The van der Waals surface area contributed by atoms with Crippen LogP contribution in [0, 0.1) is 11.3 Å². The molecule has 6 heteroatoms. The number of amides is 1. The quantitative estimate of drug-likeness (QED) is 0.905. The third kappa shape index (κ3) is 1.89. The zero-order chi connectivity index (χ0) is 13.6. The lowest BCUT2D eigenvalue weighted by molar-refractivity contribution is -0.149. The Morgan fingerprint density at radius 2 is 2.26 bits per heavy atom. The summed E-state index contributed by atoms with van der Waals surface area (Å²) in [5.74, 6) is -0.661. The number of hydrogen-bond donors (Lipinski definition) is 1. The number of likely N-dealkylation sites (tertiary alicyclic amines) is 1.